The number of hydrogen-bond donors (Lipinski definition) is 3. The van der Waals surface area contributed by atoms with Crippen molar-refractivity contribution in [3.05, 3.63) is 52.4 Å². The lowest BCUT2D eigenvalue weighted by molar-refractivity contribution is 0.100. The number of halogens is 1. The highest BCUT2D eigenvalue weighted by atomic mass is 127. The van der Waals surface area contributed by atoms with Crippen molar-refractivity contribution in [1.29, 1.82) is 0 Å². The molecule has 7 nitrogen and oxygen atoms in total. The molecule has 1 amide bonds. The molecule has 0 atom stereocenters. The molecule has 0 radical (unpaired) electrons. The largest absolute Gasteiger partial charge is 0.366 e. The Morgan fingerprint density at radius 1 is 1.15 bits per heavy atom. The van der Waals surface area contributed by atoms with Crippen LogP contribution in [0.2, 0.25) is 0 Å². The maximum atomic E-state index is 11.1. The Kier molecular flexibility index (Phi) is 9.11. The van der Waals surface area contributed by atoms with Crippen LogP contribution in [-0.2, 0) is 25.9 Å². The monoisotopic (exact) mass is 471 g/mol. The van der Waals surface area contributed by atoms with Crippen molar-refractivity contribution < 1.29 is 9.32 Å². The molecule has 26 heavy (non-hydrogen) atoms. The lowest BCUT2D eigenvalue weighted by Gasteiger charge is -2.12. The Bertz CT molecular complexity index is 719. The second-order valence-corrected chi connectivity index (χ2v) is 5.58. The summed E-state index contributed by atoms with van der Waals surface area (Å²) in [5.41, 5.74) is 8.84. The van der Waals surface area contributed by atoms with Crippen LogP contribution in [0.15, 0.2) is 33.8 Å². The second-order valence-electron chi connectivity index (χ2n) is 5.58. The van der Waals surface area contributed by atoms with Crippen LogP contribution >= 0.6 is 24.0 Å². The van der Waals surface area contributed by atoms with E-state index < -0.39 is 5.91 Å². The number of aryl methyl sites for hydroxylation is 2. The lowest BCUT2D eigenvalue weighted by Crippen LogP contribution is -2.36. The summed E-state index contributed by atoms with van der Waals surface area (Å²) in [5.74, 6) is 1.16. The number of guanidine groups is 1. The number of nitrogens with one attached hydrogen (secondary N) is 2. The zero-order valence-electron chi connectivity index (χ0n) is 15.3. The number of carbonyl (C=O) groups excluding carboxylic acids is 1. The Hall–Kier alpha value is -2.10. The molecule has 0 saturated carbocycles. The predicted octanol–water partition coefficient (Wildman–Crippen LogP) is 2.38. The van der Waals surface area contributed by atoms with Crippen LogP contribution in [0.1, 0.15) is 46.8 Å². The molecule has 1 aromatic heterocycles. The van der Waals surface area contributed by atoms with Crippen molar-refractivity contribution in [2.45, 2.75) is 39.8 Å². The first-order valence-electron chi connectivity index (χ1n) is 8.38. The number of nitrogens with two attached hydrogens (primary N) is 1. The van der Waals surface area contributed by atoms with Gasteiger partial charge in [0.05, 0.1) is 5.69 Å². The van der Waals surface area contributed by atoms with Gasteiger partial charge in [0.25, 0.3) is 0 Å². The fourth-order valence-corrected chi connectivity index (χ4v) is 2.50. The van der Waals surface area contributed by atoms with E-state index in [1.807, 2.05) is 19.1 Å². The quantitative estimate of drug-likeness (QED) is 0.327. The summed E-state index contributed by atoms with van der Waals surface area (Å²) in [6.07, 6.45) is 1.64. The second kappa shape index (κ2) is 10.8. The fourth-order valence-electron chi connectivity index (χ4n) is 2.50. The van der Waals surface area contributed by atoms with Crippen molar-refractivity contribution in [2.24, 2.45) is 10.7 Å². The number of amides is 1. The van der Waals surface area contributed by atoms with E-state index in [4.69, 9.17) is 10.3 Å². The van der Waals surface area contributed by atoms with E-state index in [0.717, 1.165) is 35.4 Å². The van der Waals surface area contributed by atoms with Crippen molar-refractivity contribution in [2.75, 3.05) is 7.05 Å². The van der Waals surface area contributed by atoms with Crippen LogP contribution in [0.4, 0.5) is 0 Å². The summed E-state index contributed by atoms with van der Waals surface area (Å²) >= 11 is 0. The molecule has 0 fully saturated rings. The van der Waals surface area contributed by atoms with E-state index in [0.29, 0.717) is 24.6 Å². The number of aromatic nitrogens is 1. The summed E-state index contributed by atoms with van der Waals surface area (Å²) in [7, 11) is 1.72. The molecule has 0 spiro atoms. The smallest absolute Gasteiger partial charge is 0.248 e. The highest BCUT2D eigenvalue weighted by Gasteiger charge is 2.13. The normalized spacial score (nSPS) is 11.0. The molecular weight excluding hydrogens is 445 g/mol. The van der Waals surface area contributed by atoms with Gasteiger partial charge in [0.15, 0.2) is 5.96 Å². The molecule has 142 valence electrons. The molecule has 2 aromatic rings. The molecular formula is C18H26IN5O2. The SMILES string of the molecule is CCc1noc(CC)c1CNC(=NC)NCc1ccc(C(N)=O)cc1.I. The van der Waals surface area contributed by atoms with E-state index in [-0.39, 0.29) is 24.0 Å². The molecule has 0 saturated heterocycles. The number of nitrogens with zero attached hydrogens (tertiary/aromatic N) is 2. The topological polar surface area (TPSA) is 106 Å². The first kappa shape index (κ1) is 21.9. The maximum absolute atomic E-state index is 11.1. The van der Waals surface area contributed by atoms with Crippen molar-refractivity contribution in [3.63, 3.8) is 0 Å². The zero-order valence-corrected chi connectivity index (χ0v) is 17.7. The van der Waals surface area contributed by atoms with Gasteiger partial charge in [-0.05, 0) is 24.1 Å². The van der Waals surface area contributed by atoms with Crippen LogP contribution in [0.3, 0.4) is 0 Å². The van der Waals surface area contributed by atoms with Gasteiger partial charge in [-0.1, -0.05) is 31.1 Å². The predicted molar refractivity (Wildman–Crippen MR) is 113 cm³/mol. The van der Waals surface area contributed by atoms with Gasteiger partial charge in [0, 0.05) is 37.7 Å². The molecule has 0 bridgehead atoms. The van der Waals surface area contributed by atoms with Crippen molar-refractivity contribution in [1.82, 2.24) is 15.8 Å². The van der Waals surface area contributed by atoms with Crippen LogP contribution in [0, 0.1) is 0 Å². The minimum absolute atomic E-state index is 0. The van der Waals surface area contributed by atoms with Gasteiger partial charge in [-0.2, -0.15) is 0 Å². The molecule has 0 aliphatic carbocycles. The van der Waals surface area contributed by atoms with E-state index in [1.165, 1.54) is 0 Å². The van der Waals surface area contributed by atoms with Gasteiger partial charge in [-0.15, -0.1) is 24.0 Å². The van der Waals surface area contributed by atoms with Crippen molar-refractivity contribution >= 4 is 35.8 Å². The number of carbonyl (C=O) groups is 1. The molecule has 0 aliphatic heterocycles. The number of primary amides is 1. The molecule has 0 unspecified atom stereocenters. The van der Waals surface area contributed by atoms with Crippen LogP contribution in [-0.4, -0.2) is 24.1 Å². The van der Waals surface area contributed by atoms with E-state index in [1.54, 1.807) is 19.2 Å². The molecule has 1 heterocycles. The van der Waals surface area contributed by atoms with Gasteiger partial charge < -0.3 is 20.9 Å². The molecule has 2 rings (SSSR count). The summed E-state index contributed by atoms with van der Waals surface area (Å²) in [5, 5.41) is 10.6. The fraction of sp³-hybridized carbons (Fsp3) is 0.389. The van der Waals surface area contributed by atoms with E-state index >= 15 is 0 Å². The third-order valence-electron chi connectivity index (χ3n) is 3.96. The Labute approximate surface area is 170 Å². The number of benzene rings is 1. The van der Waals surface area contributed by atoms with Crippen LogP contribution in [0.5, 0.6) is 0 Å². The van der Waals surface area contributed by atoms with E-state index in [2.05, 4.69) is 27.7 Å². The molecule has 8 heteroatoms. The average molecular weight is 471 g/mol. The summed E-state index contributed by atoms with van der Waals surface area (Å²) in [6, 6.07) is 7.16. The Morgan fingerprint density at radius 3 is 2.35 bits per heavy atom. The van der Waals surface area contributed by atoms with Crippen molar-refractivity contribution in [3.8, 4) is 0 Å². The summed E-state index contributed by atoms with van der Waals surface area (Å²) in [4.78, 5) is 15.3. The molecule has 4 N–H and O–H groups in total. The minimum atomic E-state index is -0.427. The van der Waals surface area contributed by atoms with Gasteiger partial charge >= 0.3 is 0 Å². The molecule has 0 aliphatic rings. The van der Waals surface area contributed by atoms with Gasteiger partial charge in [0.2, 0.25) is 5.91 Å². The van der Waals surface area contributed by atoms with Gasteiger partial charge in [-0.3, -0.25) is 9.79 Å². The first-order valence-corrected chi connectivity index (χ1v) is 8.38. The van der Waals surface area contributed by atoms with Gasteiger partial charge in [0.1, 0.15) is 5.76 Å². The average Bonchev–Trinajstić information content (AvgIpc) is 3.04. The highest BCUT2D eigenvalue weighted by Crippen LogP contribution is 2.15. The standard InChI is InChI=1S/C18H25N5O2.HI/c1-4-15-14(16(5-2)25-23-15)11-22-18(20-3)21-10-12-6-8-13(9-7-12)17(19)24;/h6-9H,4-5,10-11H2,1-3H3,(H2,19,24)(H2,20,21,22);1H. The first-order chi connectivity index (χ1) is 12.1. The number of rotatable bonds is 7. The van der Waals surface area contributed by atoms with Crippen LogP contribution < -0.4 is 16.4 Å². The lowest BCUT2D eigenvalue weighted by atomic mass is 10.1. The Balaban J connectivity index is 0.00000338. The highest BCUT2D eigenvalue weighted by molar-refractivity contribution is 14.0. The third kappa shape index (κ3) is 5.72. The maximum Gasteiger partial charge on any atom is 0.248 e. The third-order valence-corrected chi connectivity index (χ3v) is 3.96. The van der Waals surface area contributed by atoms with E-state index in [9.17, 15) is 4.79 Å². The summed E-state index contributed by atoms with van der Waals surface area (Å²) < 4.78 is 5.37. The summed E-state index contributed by atoms with van der Waals surface area (Å²) in [6.45, 7) is 5.30. The van der Waals surface area contributed by atoms with Crippen LogP contribution in [0.25, 0.3) is 0 Å². The molecule has 1 aromatic carbocycles. The zero-order chi connectivity index (χ0) is 18.2. The minimum Gasteiger partial charge on any atom is -0.366 e. The van der Waals surface area contributed by atoms with Gasteiger partial charge in [-0.25, -0.2) is 0 Å². The number of aliphatic imine (C=N–C) groups is 1. The Morgan fingerprint density at radius 2 is 1.81 bits per heavy atom. The number of hydrogen-bond acceptors (Lipinski definition) is 4.